The van der Waals surface area contributed by atoms with Crippen molar-refractivity contribution in [1.82, 2.24) is 9.55 Å². The molecule has 8 nitrogen and oxygen atoms in total. The van der Waals surface area contributed by atoms with Crippen LogP contribution in [0.3, 0.4) is 0 Å². The molecule has 1 aromatic heterocycles. The van der Waals surface area contributed by atoms with E-state index >= 15 is 0 Å². The van der Waals surface area contributed by atoms with Gasteiger partial charge in [-0.05, 0) is 31.2 Å². The predicted octanol–water partition coefficient (Wildman–Crippen LogP) is 2.77. The van der Waals surface area contributed by atoms with Crippen molar-refractivity contribution in [3.05, 3.63) is 65.9 Å². The molecule has 0 saturated carbocycles. The van der Waals surface area contributed by atoms with Crippen LogP contribution < -0.4 is 5.32 Å². The lowest BCUT2D eigenvalue weighted by atomic mass is 10.1. The third kappa shape index (κ3) is 3.59. The number of aromatic nitrogens is 2. The zero-order valence-electron chi connectivity index (χ0n) is 16.2. The Balaban J connectivity index is 1.68. The summed E-state index contributed by atoms with van der Waals surface area (Å²) in [5.74, 6) is -1.01. The van der Waals surface area contributed by atoms with Gasteiger partial charge in [0.25, 0.3) is 5.91 Å². The number of hydrogen-bond donors (Lipinski definition) is 1. The monoisotopic (exact) mass is 425 g/mol. The molecule has 0 radical (unpaired) electrons. The van der Waals surface area contributed by atoms with E-state index in [4.69, 9.17) is 4.74 Å². The van der Waals surface area contributed by atoms with Gasteiger partial charge in [-0.2, -0.15) is 0 Å². The maximum absolute atomic E-state index is 13.1. The fourth-order valence-electron chi connectivity index (χ4n) is 3.30. The van der Waals surface area contributed by atoms with Gasteiger partial charge in [0, 0.05) is 17.8 Å². The number of sulfone groups is 1. The first kappa shape index (κ1) is 19.8. The summed E-state index contributed by atoms with van der Waals surface area (Å²) in [6, 6.07) is 15.2. The highest BCUT2D eigenvalue weighted by Crippen LogP contribution is 2.30. The summed E-state index contributed by atoms with van der Waals surface area (Å²) in [4.78, 5) is 29.2. The highest BCUT2D eigenvalue weighted by molar-refractivity contribution is 7.91. The fraction of sp³-hybridized carbons (Fsp3) is 0.190. The van der Waals surface area contributed by atoms with Crippen molar-refractivity contribution in [2.24, 2.45) is 0 Å². The number of benzene rings is 2. The molecule has 30 heavy (non-hydrogen) atoms. The Morgan fingerprint density at radius 3 is 2.47 bits per heavy atom. The van der Waals surface area contributed by atoms with Crippen LogP contribution in [0, 0.1) is 0 Å². The molecule has 4 rings (SSSR count). The molecule has 3 aromatic rings. The van der Waals surface area contributed by atoms with Crippen LogP contribution in [0.25, 0.3) is 11.3 Å². The van der Waals surface area contributed by atoms with E-state index in [0.717, 1.165) is 0 Å². The number of hydrogen-bond acceptors (Lipinski definition) is 6. The van der Waals surface area contributed by atoms with Gasteiger partial charge in [-0.3, -0.25) is 4.79 Å². The molecular formula is C21H19N3O5S. The standard InChI is InChI=1S/C21H19N3O5S/c1-2-29-20(26)15-8-10-16(11-9-15)22-19(25)18-17(14-6-4-3-5-7-14)23-21-24(18)12-13-30(21,27)28/h3-11H,2,12-13H2,1H3,(H,22,25). The fourth-order valence-corrected chi connectivity index (χ4v) is 4.66. The van der Waals surface area contributed by atoms with Crippen molar-refractivity contribution in [3.8, 4) is 11.3 Å². The summed E-state index contributed by atoms with van der Waals surface area (Å²) in [6.07, 6.45) is 0. The molecule has 0 atom stereocenters. The van der Waals surface area contributed by atoms with Crippen LogP contribution in [0.4, 0.5) is 5.69 Å². The van der Waals surface area contributed by atoms with Crippen molar-refractivity contribution in [2.45, 2.75) is 18.6 Å². The second kappa shape index (κ2) is 7.75. The molecule has 0 fully saturated rings. The SMILES string of the molecule is CCOC(=O)c1ccc(NC(=O)c2c(-c3ccccc3)nc3n2CCS3(=O)=O)cc1. The zero-order valence-corrected chi connectivity index (χ0v) is 17.0. The van der Waals surface area contributed by atoms with Crippen molar-refractivity contribution in [3.63, 3.8) is 0 Å². The molecule has 2 heterocycles. The smallest absolute Gasteiger partial charge is 0.338 e. The average molecular weight is 425 g/mol. The van der Waals surface area contributed by atoms with E-state index < -0.39 is 21.7 Å². The van der Waals surface area contributed by atoms with Gasteiger partial charge in [0.15, 0.2) is 0 Å². The second-order valence-corrected chi connectivity index (χ2v) is 8.68. The highest BCUT2D eigenvalue weighted by atomic mass is 32.2. The minimum Gasteiger partial charge on any atom is -0.462 e. The van der Waals surface area contributed by atoms with Crippen LogP contribution in [-0.4, -0.2) is 42.2 Å². The van der Waals surface area contributed by atoms with Gasteiger partial charge in [-0.1, -0.05) is 30.3 Å². The number of nitrogens with one attached hydrogen (secondary N) is 1. The molecule has 0 spiro atoms. The molecule has 9 heteroatoms. The van der Waals surface area contributed by atoms with Crippen LogP contribution in [-0.2, 0) is 21.1 Å². The van der Waals surface area contributed by atoms with Gasteiger partial charge >= 0.3 is 5.97 Å². The molecule has 0 unspecified atom stereocenters. The minimum atomic E-state index is -3.52. The lowest BCUT2D eigenvalue weighted by Gasteiger charge is -2.09. The number of ether oxygens (including phenoxy) is 1. The Morgan fingerprint density at radius 1 is 1.10 bits per heavy atom. The second-order valence-electron chi connectivity index (χ2n) is 6.68. The van der Waals surface area contributed by atoms with Gasteiger partial charge in [0.1, 0.15) is 11.4 Å². The number of carbonyl (C=O) groups excluding carboxylic acids is 2. The van der Waals surface area contributed by atoms with Crippen molar-refractivity contribution in [2.75, 3.05) is 17.7 Å². The van der Waals surface area contributed by atoms with E-state index in [1.807, 2.05) is 6.07 Å². The summed E-state index contributed by atoms with van der Waals surface area (Å²) in [7, 11) is -3.52. The van der Waals surface area contributed by atoms with Crippen LogP contribution in [0.1, 0.15) is 27.8 Å². The number of carbonyl (C=O) groups is 2. The maximum atomic E-state index is 13.1. The number of amides is 1. The Kier molecular flexibility index (Phi) is 5.13. The first-order chi connectivity index (χ1) is 14.4. The highest BCUT2D eigenvalue weighted by Gasteiger charge is 2.35. The average Bonchev–Trinajstić information content (AvgIpc) is 3.27. The Hall–Kier alpha value is -3.46. The molecular weight excluding hydrogens is 406 g/mol. The lowest BCUT2D eigenvalue weighted by Crippen LogP contribution is -2.18. The van der Waals surface area contributed by atoms with E-state index in [0.29, 0.717) is 22.5 Å². The third-order valence-electron chi connectivity index (χ3n) is 4.71. The van der Waals surface area contributed by atoms with Gasteiger partial charge in [-0.15, -0.1) is 0 Å². The minimum absolute atomic E-state index is 0.0844. The molecule has 2 aromatic carbocycles. The molecule has 1 aliphatic heterocycles. The third-order valence-corrected chi connectivity index (χ3v) is 6.30. The Morgan fingerprint density at radius 2 is 1.80 bits per heavy atom. The molecule has 0 aliphatic carbocycles. The summed E-state index contributed by atoms with van der Waals surface area (Å²) in [5, 5.41) is 2.67. The first-order valence-corrected chi connectivity index (χ1v) is 11.0. The lowest BCUT2D eigenvalue weighted by molar-refractivity contribution is 0.0526. The summed E-state index contributed by atoms with van der Waals surface area (Å²) >= 11 is 0. The summed E-state index contributed by atoms with van der Waals surface area (Å²) in [6.45, 7) is 2.16. The summed E-state index contributed by atoms with van der Waals surface area (Å²) < 4.78 is 31.0. The zero-order chi connectivity index (χ0) is 21.3. The number of rotatable bonds is 5. The van der Waals surface area contributed by atoms with E-state index in [1.165, 1.54) is 4.57 Å². The van der Waals surface area contributed by atoms with Crippen molar-refractivity contribution < 1.29 is 22.7 Å². The number of fused-ring (bicyclic) bond motifs is 1. The van der Waals surface area contributed by atoms with Gasteiger partial charge in [-0.25, -0.2) is 18.2 Å². The van der Waals surface area contributed by atoms with Crippen LogP contribution >= 0.6 is 0 Å². The number of esters is 1. The molecule has 1 N–H and O–H groups in total. The van der Waals surface area contributed by atoms with Gasteiger partial charge < -0.3 is 14.6 Å². The number of nitrogens with zero attached hydrogens (tertiary/aromatic N) is 2. The van der Waals surface area contributed by atoms with Gasteiger partial charge in [0.2, 0.25) is 15.0 Å². The van der Waals surface area contributed by atoms with E-state index in [9.17, 15) is 18.0 Å². The Labute approximate surface area is 173 Å². The quantitative estimate of drug-likeness (QED) is 0.630. The van der Waals surface area contributed by atoms with Crippen molar-refractivity contribution in [1.29, 1.82) is 0 Å². The van der Waals surface area contributed by atoms with E-state index in [-0.39, 0.29) is 29.8 Å². The molecule has 0 bridgehead atoms. The van der Waals surface area contributed by atoms with E-state index in [2.05, 4.69) is 10.3 Å². The van der Waals surface area contributed by atoms with Gasteiger partial charge in [0.05, 0.1) is 17.9 Å². The van der Waals surface area contributed by atoms with Crippen LogP contribution in [0.5, 0.6) is 0 Å². The molecule has 0 saturated heterocycles. The summed E-state index contributed by atoms with van der Waals surface area (Å²) in [5.41, 5.74) is 1.98. The number of imidazole rings is 1. The van der Waals surface area contributed by atoms with Crippen molar-refractivity contribution >= 4 is 27.4 Å². The molecule has 154 valence electrons. The largest absolute Gasteiger partial charge is 0.462 e. The molecule has 1 aliphatic rings. The Bertz CT molecular complexity index is 1220. The first-order valence-electron chi connectivity index (χ1n) is 9.38. The normalized spacial score (nSPS) is 14.2. The topological polar surface area (TPSA) is 107 Å². The van der Waals surface area contributed by atoms with Crippen LogP contribution in [0.2, 0.25) is 0 Å². The number of anilines is 1. The maximum Gasteiger partial charge on any atom is 0.338 e. The van der Waals surface area contributed by atoms with E-state index in [1.54, 1.807) is 55.5 Å². The van der Waals surface area contributed by atoms with Crippen LogP contribution in [0.15, 0.2) is 59.8 Å². The predicted molar refractivity (Wildman–Crippen MR) is 110 cm³/mol. The molecule has 1 amide bonds.